The summed E-state index contributed by atoms with van der Waals surface area (Å²) in [5.41, 5.74) is -1.22. The Hall–Kier alpha value is -4.05. The first-order valence-corrected chi connectivity index (χ1v) is 11.6. The molecule has 0 atom stereocenters. The van der Waals surface area contributed by atoms with E-state index >= 15 is 0 Å². The number of hydrogen-bond acceptors (Lipinski definition) is 8. The molecule has 9 nitrogen and oxygen atoms in total. The average Bonchev–Trinajstić information content (AvgIpc) is 3.33. The molecule has 1 aliphatic rings. The van der Waals surface area contributed by atoms with Crippen molar-refractivity contribution in [3.05, 3.63) is 69.7 Å². The molecule has 0 bridgehead atoms. The van der Waals surface area contributed by atoms with Crippen molar-refractivity contribution in [2.75, 3.05) is 20.2 Å². The molecular formula is C25H23F4N5O4. The molecule has 0 N–H and O–H groups in total. The number of methoxy groups -OCH3 is 1. The standard InChI is InChI=1S/C25H23F4N5O4/c1-14-31-22(33-38-14)15-5-7-34(8-6-15)24(35)19-10-16(11-30)23(32-21(19)13-36-2)37-12-17-9-18(25(27,28)29)3-4-20(17)26/h3-4,9-10,15H,5-8,12-13H2,1-2H3. The Bertz CT molecular complexity index is 1360. The van der Waals surface area contributed by atoms with Gasteiger partial charge in [0.15, 0.2) is 5.82 Å². The summed E-state index contributed by atoms with van der Waals surface area (Å²) >= 11 is 0. The van der Waals surface area contributed by atoms with Crippen molar-refractivity contribution in [2.24, 2.45) is 0 Å². The predicted molar refractivity (Wildman–Crippen MR) is 122 cm³/mol. The molecule has 2 aromatic heterocycles. The van der Waals surface area contributed by atoms with Crippen LogP contribution in [0.5, 0.6) is 5.88 Å². The van der Waals surface area contributed by atoms with E-state index in [1.54, 1.807) is 11.8 Å². The summed E-state index contributed by atoms with van der Waals surface area (Å²) in [6, 6.07) is 5.14. The molecular weight excluding hydrogens is 510 g/mol. The van der Waals surface area contributed by atoms with Gasteiger partial charge < -0.3 is 18.9 Å². The van der Waals surface area contributed by atoms with Gasteiger partial charge in [-0.1, -0.05) is 5.16 Å². The van der Waals surface area contributed by atoms with E-state index in [4.69, 9.17) is 14.0 Å². The lowest BCUT2D eigenvalue weighted by atomic mass is 9.95. The Kier molecular flexibility index (Phi) is 7.91. The quantitative estimate of drug-likeness (QED) is 0.407. The lowest BCUT2D eigenvalue weighted by molar-refractivity contribution is -0.137. The number of amides is 1. The van der Waals surface area contributed by atoms with Gasteiger partial charge in [-0.15, -0.1) is 0 Å². The number of halogens is 4. The minimum Gasteiger partial charge on any atom is -0.472 e. The van der Waals surface area contributed by atoms with Crippen LogP contribution in [0.25, 0.3) is 0 Å². The number of carbonyl (C=O) groups excluding carboxylic acids is 1. The van der Waals surface area contributed by atoms with E-state index in [-0.39, 0.29) is 46.7 Å². The monoisotopic (exact) mass is 533 g/mol. The van der Waals surface area contributed by atoms with Gasteiger partial charge >= 0.3 is 6.18 Å². The van der Waals surface area contributed by atoms with Gasteiger partial charge in [-0.3, -0.25) is 4.79 Å². The molecule has 0 radical (unpaired) electrons. The van der Waals surface area contributed by atoms with Gasteiger partial charge in [0.25, 0.3) is 5.91 Å². The Morgan fingerprint density at radius 2 is 1.95 bits per heavy atom. The van der Waals surface area contributed by atoms with Crippen molar-refractivity contribution in [3.8, 4) is 11.9 Å². The first-order chi connectivity index (χ1) is 18.1. The second-order valence-electron chi connectivity index (χ2n) is 8.71. The maximum atomic E-state index is 14.1. The molecule has 0 spiro atoms. The third kappa shape index (κ3) is 5.91. The SMILES string of the molecule is COCc1nc(OCc2cc(C(F)(F)F)ccc2F)c(C#N)cc1C(=O)N1CCC(c2noc(C)n2)CC1. The van der Waals surface area contributed by atoms with Crippen LogP contribution in [0.2, 0.25) is 0 Å². The van der Waals surface area contributed by atoms with Crippen molar-refractivity contribution in [1.29, 1.82) is 5.26 Å². The zero-order chi connectivity index (χ0) is 27.4. The number of aromatic nitrogens is 3. The van der Waals surface area contributed by atoms with Crippen LogP contribution in [0.15, 0.2) is 28.8 Å². The van der Waals surface area contributed by atoms with E-state index in [0.717, 1.165) is 0 Å². The largest absolute Gasteiger partial charge is 0.472 e. The third-order valence-electron chi connectivity index (χ3n) is 6.13. The number of pyridine rings is 1. The van der Waals surface area contributed by atoms with Crippen LogP contribution in [-0.2, 0) is 24.1 Å². The zero-order valence-electron chi connectivity index (χ0n) is 20.5. The van der Waals surface area contributed by atoms with Gasteiger partial charge in [0.2, 0.25) is 11.8 Å². The fourth-order valence-corrected chi connectivity index (χ4v) is 4.15. The highest BCUT2D eigenvalue weighted by atomic mass is 19.4. The maximum Gasteiger partial charge on any atom is 0.416 e. The van der Waals surface area contributed by atoms with Crippen LogP contribution in [0.1, 0.15) is 63.2 Å². The normalized spacial score (nSPS) is 14.4. The van der Waals surface area contributed by atoms with Crippen LogP contribution in [-0.4, -0.2) is 46.1 Å². The maximum absolute atomic E-state index is 14.1. The Morgan fingerprint density at radius 1 is 1.21 bits per heavy atom. The summed E-state index contributed by atoms with van der Waals surface area (Å²) in [6.07, 6.45) is -3.43. The molecule has 0 unspecified atom stereocenters. The van der Waals surface area contributed by atoms with Crippen molar-refractivity contribution in [3.63, 3.8) is 0 Å². The van der Waals surface area contributed by atoms with Crippen LogP contribution >= 0.6 is 0 Å². The van der Waals surface area contributed by atoms with Gasteiger partial charge in [0, 0.05) is 38.6 Å². The molecule has 1 amide bonds. The van der Waals surface area contributed by atoms with Crippen molar-refractivity contribution >= 4 is 5.91 Å². The molecule has 1 aliphatic heterocycles. The minimum absolute atomic E-state index is 0.0507. The Morgan fingerprint density at radius 3 is 2.55 bits per heavy atom. The van der Waals surface area contributed by atoms with Gasteiger partial charge in [-0.05, 0) is 37.1 Å². The van der Waals surface area contributed by atoms with E-state index in [1.165, 1.54) is 13.2 Å². The summed E-state index contributed by atoms with van der Waals surface area (Å²) in [5.74, 6) is -0.398. The molecule has 4 rings (SSSR count). The number of benzene rings is 1. The highest BCUT2D eigenvalue weighted by molar-refractivity contribution is 5.96. The van der Waals surface area contributed by atoms with E-state index in [9.17, 15) is 27.6 Å². The highest BCUT2D eigenvalue weighted by Gasteiger charge is 2.32. The molecule has 3 aromatic rings. The summed E-state index contributed by atoms with van der Waals surface area (Å²) in [6.45, 7) is 1.83. The van der Waals surface area contributed by atoms with Gasteiger partial charge in [0.05, 0.1) is 23.4 Å². The third-order valence-corrected chi connectivity index (χ3v) is 6.13. The first-order valence-electron chi connectivity index (χ1n) is 11.6. The number of aryl methyl sites for hydroxylation is 1. The van der Waals surface area contributed by atoms with Crippen LogP contribution in [0.3, 0.4) is 0 Å². The average molecular weight is 533 g/mol. The molecule has 0 saturated carbocycles. The van der Waals surface area contributed by atoms with E-state index in [0.29, 0.717) is 55.8 Å². The fourth-order valence-electron chi connectivity index (χ4n) is 4.15. The summed E-state index contributed by atoms with van der Waals surface area (Å²) in [5, 5.41) is 13.6. The number of nitriles is 1. The van der Waals surface area contributed by atoms with Crippen LogP contribution < -0.4 is 4.74 Å². The zero-order valence-corrected chi connectivity index (χ0v) is 20.5. The number of carbonyl (C=O) groups is 1. The summed E-state index contributed by atoms with van der Waals surface area (Å²) in [7, 11) is 1.39. The van der Waals surface area contributed by atoms with Gasteiger partial charge in [-0.25, -0.2) is 9.37 Å². The number of nitrogens with zero attached hydrogens (tertiary/aromatic N) is 5. The number of ether oxygens (including phenoxy) is 2. The number of piperidine rings is 1. The fraction of sp³-hybridized carbons (Fsp3) is 0.400. The van der Waals surface area contributed by atoms with Crippen LogP contribution in [0, 0.1) is 24.1 Å². The Balaban J connectivity index is 1.53. The lowest BCUT2D eigenvalue weighted by Gasteiger charge is -2.31. The van der Waals surface area contributed by atoms with E-state index in [2.05, 4.69) is 15.1 Å². The number of alkyl halides is 3. The van der Waals surface area contributed by atoms with Crippen LogP contribution in [0.4, 0.5) is 17.6 Å². The molecule has 13 heteroatoms. The molecule has 38 heavy (non-hydrogen) atoms. The summed E-state index contributed by atoms with van der Waals surface area (Å²) < 4.78 is 68.9. The van der Waals surface area contributed by atoms with E-state index < -0.39 is 24.2 Å². The number of rotatable bonds is 7. The molecule has 3 heterocycles. The van der Waals surface area contributed by atoms with E-state index in [1.807, 2.05) is 6.07 Å². The Labute approximate surface area is 215 Å². The number of likely N-dealkylation sites (tertiary alicyclic amines) is 1. The topological polar surface area (TPSA) is 114 Å². The predicted octanol–water partition coefficient (Wildman–Crippen LogP) is 4.55. The molecule has 1 saturated heterocycles. The molecule has 1 aromatic carbocycles. The van der Waals surface area contributed by atoms with Crippen molar-refractivity contribution in [2.45, 2.75) is 45.1 Å². The molecule has 1 fully saturated rings. The smallest absolute Gasteiger partial charge is 0.416 e. The van der Waals surface area contributed by atoms with Gasteiger partial charge in [0.1, 0.15) is 24.1 Å². The second kappa shape index (κ2) is 11.1. The highest BCUT2D eigenvalue weighted by Crippen LogP contribution is 2.31. The molecule has 200 valence electrons. The summed E-state index contributed by atoms with van der Waals surface area (Å²) in [4.78, 5) is 23.5. The van der Waals surface area contributed by atoms with Crippen molar-refractivity contribution in [1.82, 2.24) is 20.0 Å². The lowest BCUT2D eigenvalue weighted by Crippen LogP contribution is -2.38. The first kappa shape index (κ1) is 27.0. The second-order valence-corrected chi connectivity index (χ2v) is 8.71. The minimum atomic E-state index is -4.66. The van der Waals surface area contributed by atoms with Gasteiger partial charge in [-0.2, -0.15) is 23.4 Å². The molecule has 0 aliphatic carbocycles. The number of hydrogen-bond donors (Lipinski definition) is 0. The van der Waals surface area contributed by atoms with Crippen molar-refractivity contribution < 1.29 is 36.4 Å².